The number of fused-ring (bicyclic) bond motifs is 2. The van der Waals surface area contributed by atoms with E-state index in [-0.39, 0.29) is 23.8 Å². The Labute approximate surface area is 206 Å². The number of rotatable bonds is 7. The van der Waals surface area contributed by atoms with Crippen molar-refractivity contribution >= 4 is 31.9 Å². The van der Waals surface area contributed by atoms with E-state index in [1.807, 2.05) is 30.3 Å². The SMILES string of the molecule is CN(Cc1ccccc1)S(=O)(=O)C1=C(Br)C=CC(C(=O)NCC2C[C@@H]3C[C@H](C2)C3(C)C)=CC1. The molecule has 33 heavy (non-hydrogen) atoms. The first-order valence-electron chi connectivity index (χ1n) is 11.6. The van der Waals surface area contributed by atoms with Crippen molar-refractivity contribution in [3.8, 4) is 0 Å². The lowest BCUT2D eigenvalue weighted by Crippen LogP contribution is -2.52. The Morgan fingerprint density at radius 3 is 2.42 bits per heavy atom. The van der Waals surface area contributed by atoms with Gasteiger partial charge in [0, 0.05) is 36.6 Å². The zero-order valence-electron chi connectivity index (χ0n) is 19.6. The van der Waals surface area contributed by atoms with Gasteiger partial charge < -0.3 is 5.32 Å². The molecule has 3 saturated carbocycles. The minimum atomic E-state index is -3.69. The molecule has 178 valence electrons. The van der Waals surface area contributed by atoms with Crippen LogP contribution in [-0.2, 0) is 21.4 Å². The fraction of sp³-hybridized carbons (Fsp3) is 0.500. The predicted molar refractivity (Wildman–Crippen MR) is 136 cm³/mol. The van der Waals surface area contributed by atoms with Gasteiger partial charge in [-0.05, 0) is 76.1 Å². The van der Waals surface area contributed by atoms with Gasteiger partial charge in [0.25, 0.3) is 5.91 Å². The average molecular weight is 534 g/mol. The number of nitrogens with one attached hydrogen (secondary N) is 1. The summed E-state index contributed by atoms with van der Waals surface area (Å²) in [5.74, 6) is 1.95. The van der Waals surface area contributed by atoms with Gasteiger partial charge in [0.1, 0.15) is 0 Å². The number of hydrogen-bond donors (Lipinski definition) is 1. The minimum Gasteiger partial charge on any atom is -0.352 e. The highest BCUT2D eigenvalue weighted by atomic mass is 79.9. The van der Waals surface area contributed by atoms with Crippen LogP contribution in [0.25, 0.3) is 0 Å². The Hall–Kier alpha value is -1.70. The van der Waals surface area contributed by atoms with Crippen molar-refractivity contribution in [3.63, 3.8) is 0 Å². The van der Waals surface area contributed by atoms with Crippen molar-refractivity contribution in [2.24, 2.45) is 23.2 Å². The number of benzene rings is 1. The molecule has 4 aliphatic carbocycles. The van der Waals surface area contributed by atoms with Gasteiger partial charge in [-0.1, -0.05) is 50.3 Å². The van der Waals surface area contributed by atoms with Crippen molar-refractivity contribution in [1.82, 2.24) is 9.62 Å². The standard InChI is InChI=1S/C26H33BrN2O3S/c1-26(2)21-13-19(14-22(26)15-21)16-28-25(30)20-9-11-23(27)24(12-10-20)33(31,32)29(3)17-18-7-5-4-6-8-18/h4-11,19,21-22H,12-17H2,1-3H3,(H,28,30)/t19?,21-,22+. The Morgan fingerprint density at radius 2 is 1.79 bits per heavy atom. The molecule has 1 aromatic rings. The van der Waals surface area contributed by atoms with E-state index < -0.39 is 10.0 Å². The number of halogens is 1. The van der Waals surface area contributed by atoms with Gasteiger partial charge in [0.2, 0.25) is 10.0 Å². The van der Waals surface area contributed by atoms with Gasteiger partial charge in [-0.2, -0.15) is 4.31 Å². The van der Waals surface area contributed by atoms with Crippen LogP contribution in [0.1, 0.15) is 45.1 Å². The predicted octanol–water partition coefficient (Wildman–Crippen LogP) is 5.13. The van der Waals surface area contributed by atoms with E-state index in [4.69, 9.17) is 0 Å². The van der Waals surface area contributed by atoms with E-state index in [1.165, 1.54) is 23.6 Å². The fourth-order valence-corrected chi connectivity index (χ4v) is 7.68. The molecule has 2 bridgehead atoms. The van der Waals surface area contributed by atoms with Crippen LogP contribution in [0.15, 0.2) is 63.5 Å². The molecular weight excluding hydrogens is 500 g/mol. The van der Waals surface area contributed by atoms with Crippen LogP contribution in [0.3, 0.4) is 0 Å². The first-order chi connectivity index (χ1) is 15.6. The summed E-state index contributed by atoms with van der Waals surface area (Å²) in [7, 11) is -2.10. The molecular formula is C26H33BrN2O3S. The second kappa shape index (κ2) is 9.51. The molecule has 0 heterocycles. The van der Waals surface area contributed by atoms with E-state index in [2.05, 4.69) is 35.1 Å². The lowest BCUT2D eigenvalue weighted by molar-refractivity contribution is -0.118. The molecule has 7 heteroatoms. The second-order valence-corrected chi connectivity index (χ2v) is 13.1. The summed E-state index contributed by atoms with van der Waals surface area (Å²) in [6.45, 7) is 5.71. The molecule has 0 radical (unpaired) electrons. The summed E-state index contributed by atoms with van der Waals surface area (Å²) in [5.41, 5.74) is 1.88. The van der Waals surface area contributed by atoms with Crippen molar-refractivity contribution in [1.29, 1.82) is 0 Å². The largest absolute Gasteiger partial charge is 0.352 e. The topological polar surface area (TPSA) is 66.5 Å². The summed E-state index contributed by atoms with van der Waals surface area (Å²) in [5, 5.41) is 3.09. The Balaban J connectivity index is 1.37. The van der Waals surface area contributed by atoms with Crippen molar-refractivity contribution < 1.29 is 13.2 Å². The molecule has 1 unspecified atom stereocenters. The number of sulfonamides is 1. The summed E-state index contributed by atoms with van der Waals surface area (Å²) in [4.78, 5) is 13.1. The Morgan fingerprint density at radius 1 is 1.12 bits per heavy atom. The zero-order chi connectivity index (χ0) is 23.8. The van der Waals surface area contributed by atoms with Crippen molar-refractivity contribution in [3.05, 3.63) is 69.1 Å². The molecule has 3 fully saturated rings. The molecule has 0 saturated heterocycles. The highest BCUT2D eigenvalue weighted by Crippen LogP contribution is 2.60. The van der Waals surface area contributed by atoms with Crippen LogP contribution in [0, 0.1) is 23.2 Å². The molecule has 0 spiro atoms. The van der Waals surface area contributed by atoms with Crippen LogP contribution in [0.5, 0.6) is 0 Å². The summed E-state index contributed by atoms with van der Waals surface area (Å²) < 4.78 is 28.3. The van der Waals surface area contributed by atoms with Gasteiger partial charge in [-0.3, -0.25) is 4.79 Å². The lowest BCUT2D eigenvalue weighted by atomic mass is 9.47. The van der Waals surface area contributed by atoms with E-state index >= 15 is 0 Å². The molecule has 5 nitrogen and oxygen atoms in total. The number of carbonyl (C=O) groups is 1. The van der Waals surface area contributed by atoms with Crippen LogP contribution >= 0.6 is 15.9 Å². The van der Waals surface area contributed by atoms with E-state index in [0.29, 0.717) is 27.9 Å². The van der Waals surface area contributed by atoms with Crippen molar-refractivity contribution in [2.45, 2.75) is 46.1 Å². The molecule has 1 N–H and O–H groups in total. The maximum absolute atomic E-state index is 13.2. The minimum absolute atomic E-state index is 0.138. The van der Waals surface area contributed by atoms with Crippen molar-refractivity contribution in [2.75, 3.05) is 13.6 Å². The first kappa shape index (κ1) is 24.4. The number of nitrogens with zero attached hydrogens (tertiary/aromatic N) is 1. The van der Waals surface area contributed by atoms with Gasteiger partial charge >= 0.3 is 0 Å². The Kier molecular flexibility index (Phi) is 7.04. The normalized spacial score (nSPS) is 26.5. The third-order valence-corrected chi connectivity index (χ3v) is 10.8. The Bertz CT molecular complexity index is 1090. The molecule has 3 atom stereocenters. The molecule has 0 aromatic heterocycles. The second-order valence-electron chi connectivity index (χ2n) is 10.2. The highest BCUT2D eigenvalue weighted by Gasteiger charge is 2.52. The molecule has 0 aliphatic heterocycles. The fourth-order valence-electron chi connectivity index (χ4n) is 5.47. The monoisotopic (exact) mass is 532 g/mol. The summed E-state index contributed by atoms with van der Waals surface area (Å²) in [6, 6.07) is 9.50. The summed E-state index contributed by atoms with van der Waals surface area (Å²) >= 11 is 3.42. The maximum Gasteiger partial charge on any atom is 0.250 e. The lowest BCUT2D eigenvalue weighted by Gasteiger charge is -2.59. The van der Waals surface area contributed by atoms with Crippen LogP contribution in [-0.4, -0.2) is 32.2 Å². The highest BCUT2D eigenvalue weighted by molar-refractivity contribution is 9.12. The van der Waals surface area contributed by atoms with Crippen LogP contribution < -0.4 is 5.32 Å². The average Bonchev–Trinajstić information content (AvgIpc) is 3.00. The van der Waals surface area contributed by atoms with Crippen LogP contribution in [0.2, 0.25) is 0 Å². The summed E-state index contributed by atoms with van der Waals surface area (Å²) in [6.07, 6.45) is 8.94. The van der Waals surface area contributed by atoms with Gasteiger partial charge in [0.05, 0.1) is 4.91 Å². The smallest absolute Gasteiger partial charge is 0.250 e. The molecule has 1 aromatic carbocycles. The third kappa shape index (κ3) is 5.05. The molecule has 4 aliphatic rings. The maximum atomic E-state index is 13.2. The number of amides is 1. The van der Waals surface area contributed by atoms with E-state index in [0.717, 1.165) is 17.4 Å². The zero-order valence-corrected chi connectivity index (χ0v) is 22.0. The first-order valence-corrected chi connectivity index (χ1v) is 13.9. The number of carbonyl (C=O) groups excluding carboxylic acids is 1. The molecule has 1 amide bonds. The van der Waals surface area contributed by atoms with E-state index in [9.17, 15) is 13.2 Å². The molecule has 5 rings (SSSR count). The number of allylic oxidation sites excluding steroid dienone is 4. The number of hydrogen-bond acceptors (Lipinski definition) is 3. The third-order valence-electron chi connectivity index (χ3n) is 7.88. The van der Waals surface area contributed by atoms with Gasteiger partial charge in [0.15, 0.2) is 0 Å². The van der Waals surface area contributed by atoms with Crippen LogP contribution in [0.4, 0.5) is 0 Å². The van der Waals surface area contributed by atoms with E-state index in [1.54, 1.807) is 25.3 Å². The van der Waals surface area contributed by atoms with Gasteiger partial charge in [-0.15, -0.1) is 0 Å². The van der Waals surface area contributed by atoms with Gasteiger partial charge in [-0.25, -0.2) is 8.42 Å². The quantitative estimate of drug-likeness (QED) is 0.529.